The molecule has 0 aliphatic carbocycles. The maximum atomic E-state index is 11.5. The van der Waals surface area contributed by atoms with Gasteiger partial charge in [-0.1, -0.05) is 0 Å². The van der Waals surface area contributed by atoms with Crippen LogP contribution in [0.2, 0.25) is 0 Å². The molecule has 1 aromatic carbocycles. The van der Waals surface area contributed by atoms with E-state index < -0.39 is 0 Å². The molecule has 0 radical (unpaired) electrons. The second-order valence-corrected chi connectivity index (χ2v) is 3.15. The van der Waals surface area contributed by atoms with Gasteiger partial charge in [0.2, 0.25) is 0 Å². The van der Waals surface area contributed by atoms with Crippen LogP contribution in [0.3, 0.4) is 0 Å². The zero-order valence-electron chi connectivity index (χ0n) is 8.43. The topological polar surface area (TPSA) is 53.0 Å². The van der Waals surface area contributed by atoms with E-state index in [9.17, 15) is 4.79 Å². The van der Waals surface area contributed by atoms with Gasteiger partial charge in [-0.25, -0.2) is 4.79 Å². The van der Waals surface area contributed by atoms with E-state index in [0.717, 1.165) is 11.0 Å². The number of halogens is 2. The number of nitrogens with two attached hydrogens (primary N) is 1. The molecule has 15 heavy (non-hydrogen) atoms. The minimum atomic E-state index is -0.0272. The Balaban J connectivity index is 0.000000980. The summed E-state index contributed by atoms with van der Waals surface area (Å²) in [5.74, 6) is 0. The van der Waals surface area contributed by atoms with Crippen LogP contribution in [0.25, 0.3) is 11.0 Å². The maximum absolute atomic E-state index is 11.5. The van der Waals surface area contributed by atoms with Crippen molar-refractivity contribution in [3.8, 4) is 0 Å². The summed E-state index contributed by atoms with van der Waals surface area (Å²) in [6.45, 7) is 0. The molecule has 0 aliphatic heterocycles. The number of imidazole rings is 1. The van der Waals surface area contributed by atoms with Gasteiger partial charge in [0, 0.05) is 19.8 Å². The molecule has 0 saturated heterocycles. The standard InChI is InChI=1S/C9H11N3O.2ClH/c1-11-7-4-3-6(10)5-8(7)12(2)9(11)13;;/h3-5H,10H2,1-2H3;2*1H. The van der Waals surface area contributed by atoms with Gasteiger partial charge in [0.05, 0.1) is 11.0 Å². The Morgan fingerprint density at radius 2 is 1.60 bits per heavy atom. The van der Waals surface area contributed by atoms with Gasteiger partial charge in [0.1, 0.15) is 0 Å². The van der Waals surface area contributed by atoms with Crippen LogP contribution in [0.1, 0.15) is 0 Å². The Morgan fingerprint density at radius 3 is 2.20 bits per heavy atom. The highest BCUT2D eigenvalue weighted by Gasteiger charge is 2.06. The molecule has 6 heteroatoms. The zero-order valence-corrected chi connectivity index (χ0v) is 10.1. The van der Waals surface area contributed by atoms with Crippen molar-refractivity contribution < 1.29 is 0 Å². The molecule has 2 rings (SSSR count). The van der Waals surface area contributed by atoms with E-state index in [0.29, 0.717) is 5.69 Å². The van der Waals surface area contributed by atoms with Gasteiger partial charge in [-0.2, -0.15) is 0 Å². The van der Waals surface area contributed by atoms with Crippen LogP contribution in [0.5, 0.6) is 0 Å². The van der Waals surface area contributed by atoms with Crippen LogP contribution < -0.4 is 11.4 Å². The number of hydrogen-bond donors (Lipinski definition) is 1. The molecular weight excluding hydrogens is 237 g/mol. The van der Waals surface area contributed by atoms with Crippen molar-refractivity contribution >= 4 is 41.5 Å². The van der Waals surface area contributed by atoms with Crippen molar-refractivity contribution in [1.82, 2.24) is 9.13 Å². The predicted molar refractivity (Wildman–Crippen MR) is 67.1 cm³/mol. The molecule has 0 saturated carbocycles. The third-order valence-electron chi connectivity index (χ3n) is 2.30. The second kappa shape index (κ2) is 4.59. The average molecular weight is 250 g/mol. The zero-order chi connectivity index (χ0) is 9.59. The lowest BCUT2D eigenvalue weighted by atomic mass is 10.3. The molecule has 0 aliphatic rings. The number of nitrogens with zero attached hydrogens (tertiary/aromatic N) is 2. The van der Waals surface area contributed by atoms with Gasteiger partial charge in [-0.05, 0) is 18.2 Å². The largest absolute Gasteiger partial charge is 0.399 e. The Labute approximate surface area is 99.5 Å². The Hall–Kier alpha value is -1.13. The van der Waals surface area contributed by atoms with Crippen molar-refractivity contribution in [3.05, 3.63) is 28.7 Å². The van der Waals surface area contributed by atoms with Gasteiger partial charge in [-0.3, -0.25) is 9.13 Å². The molecule has 0 fully saturated rings. The van der Waals surface area contributed by atoms with Crippen molar-refractivity contribution in [1.29, 1.82) is 0 Å². The molecule has 4 nitrogen and oxygen atoms in total. The first-order chi connectivity index (χ1) is 6.11. The van der Waals surface area contributed by atoms with E-state index in [1.165, 1.54) is 0 Å². The van der Waals surface area contributed by atoms with Crippen LogP contribution in [0.4, 0.5) is 5.69 Å². The lowest BCUT2D eigenvalue weighted by Gasteiger charge is -1.95. The van der Waals surface area contributed by atoms with Gasteiger partial charge < -0.3 is 5.73 Å². The highest BCUT2D eigenvalue weighted by atomic mass is 35.5. The first kappa shape index (κ1) is 13.9. The molecule has 1 aromatic heterocycles. The van der Waals surface area contributed by atoms with Crippen molar-refractivity contribution in [2.45, 2.75) is 0 Å². The minimum Gasteiger partial charge on any atom is -0.399 e. The third kappa shape index (κ3) is 1.96. The summed E-state index contributed by atoms with van der Waals surface area (Å²) in [4.78, 5) is 11.5. The summed E-state index contributed by atoms with van der Waals surface area (Å²) >= 11 is 0. The second-order valence-electron chi connectivity index (χ2n) is 3.15. The number of fused-ring (bicyclic) bond motifs is 1. The number of benzene rings is 1. The van der Waals surface area contributed by atoms with E-state index in [1.54, 1.807) is 35.4 Å². The summed E-state index contributed by atoms with van der Waals surface area (Å²) in [6, 6.07) is 5.45. The van der Waals surface area contributed by atoms with Gasteiger partial charge >= 0.3 is 5.69 Å². The number of aryl methyl sites for hydroxylation is 2. The van der Waals surface area contributed by atoms with Crippen molar-refractivity contribution in [3.63, 3.8) is 0 Å². The normalized spacial score (nSPS) is 9.47. The van der Waals surface area contributed by atoms with Crippen LogP contribution in [0, 0.1) is 0 Å². The number of nitrogen functional groups attached to an aromatic ring is 1. The molecule has 2 N–H and O–H groups in total. The molecule has 0 spiro atoms. The van der Waals surface area contributed by atoms with E-state index in [2.05, 4.69) is 0 Å². The smallest absolute Gasteiger partial charge is 0.328 e. The van der Waals surface area contributed by atoms with Gasteiger partial charge in [-0.15, -0.1) is 24.8 Å². The van der Waals surface area contributed by atoms with Crippen molar-refractivity contribution in [2.24, 2.45) is 14.1 Å². The fraction of sp³-hybridized carbons (Fsp3) is 0.222. The highest BCUT2D eigenvalue weighted by Crippen LogP contribution is 2.14. The van der Waals surface area contributed by atoms with Crippen molar-refractivity contribution in [2.75, 3.05) is 5.73 Å². The summed E-state index contributed by atoms with van der Waals surface area (Å²) in [5.41, 5.74) is 8.05. The molecule has 84 valence electrons. The molecule has 0 amide bonds. The first-order valence-electron chi connectivity index (χ1n) is 4.02. The third-order valence-corrected chi connectivity index (χ3v) is 2.30. The molecule has 1 heterocycles. The summed E-state index contributed by atoms with van der Waals surface area (Å²) in [7, 11) is 3.49. The molecule has 0 bridgehead atoms. The van der Waals surface area contributed by atoms with E-state index in [1.807, 2.05) is 6.07 Å². The first-order valence-corrected chi connectivity index (χ1v) is 4.02. The monoisotopic (exact) mass is 249 g/mol. The molecule has 2 aromatic rings. The Morgan fingerprint density at radius 1 is 1.07 bits per heavy atom. The molecule has 0 unspecified atom stereocenters. The molecular formula is C9H13Cl2N3O. The van der Waals surface area contributed by atoms with Crippen LogP contribution in [-0.2, 0) is 14.1 Å². The lowest BCUT2D eigenvalue weighted by molar-refractivity contribution is 0.795. The predicted octanol–water partition coefficient (Wildman–Crippen LogP) is 1.30. The molecule has 0 atom stereocenters. The van der Waals surface area contributed by atoms with E-state index >= 15 is 0 Å². The maximum Gasteiger partial charge on any atom is 0.328 e. The summed E-state index contributed by atoms with van der Waals surface area (Å²) in [6.07, 6.45) is 0. The minimum absolute atomic E-state index is 0. The quantitative estimate of drug-likeness (QED) is 0.716. The fourth-order valence-electron chi connectivity index (χ4n) is 1.52. The number of rotatable bonds is 0. The van der Waals surface area contributed by atoms with Crippen LogP contribution in [-0.4, -0.2) is 9.13 Å². The number of hydrogen-bond acceptors (Lipinski definition) is 2. The van der Waals surface area contributed by atoms with E-state index in [-0.39, 0.29) is 30.5 Å². The van der Waals surface area contributed by atoms with Gasteiger partial charge in [0.15, 0.2) is 0 Å². The Bertz CT molecular complexity index is 530. The Kier molecular flexibility index (Phi) is 4.25. The van der Waals surface area contributed by atoms with E-state index in [4.69, 9.17) is 5.73 Å². The number of anilines is 1. The summed E-state index contributed by atoms with van der Waals surface area (Å²) in [5, 5.41) is 0. The SMILES string of the molecule is Cl.Cl.Cn1c(=O)n(C)c2cc(N)ccc21. The highest BCUT2D eigenvalue weighted by molar-refractivity contribution is 5.85. The average Bonchev–Trinajstić information content (AvgIpc) is 2.32. The summed E-state index contributed by atoms with van der Waals surface area (Å²) < 4.78 is 3.19. The number of aromatic nitrogens is 2. The van der Waals surface area contributed by atoms with Crippen LogP contribution in [0.15, 0.2) is 23.0 Å². The fourth-order valence-corrected chi connectivity index (χ4v) is 1.52. The van der Waals surface area contributed by atoms with Crippen LogP contribution >= 0.6 is 24.8 Å². The lowest BCUT2D eigenvalue weighted by Crippen LogP contribution is -2.19. The van der Waals surface area contributed by atoms with Gasteiger partial charge in [0.25, 0.3) is 0 Å².